The molecule has 7 nitrogen and oxygen atoms in total. The second-order valence-corrected chi connectivity index (χ2v) is 7.06. The molecule has 2 heterocycles. The Labute approximate surface area is 153 Å². The molecule has 0 spiro atoms. The van der Waals surface area contributed by atoms with Crippen molar-refractivity contribution in [2.75, 3.05) is 33.2 Å². The molecule has 140 valence electrons. The molecule has 2 saturated heterocycles. The smallest absolute Gasteiger partial charge is 0.321 e. The number of amides is 4. The molecule has 1 N–H and O–H groups in total. The third-order valence-corrected chi connectivity index (χ3v) is 5.09. The second kappa shape index (κ2) is 7.76. The minimum Gasteiger partial charge on any atom is -0.355 e. The third kappa shape index (κ3) is 3.81. The number of aryl methyl sites for hydroxylation is 1. The largest absolute Gasteiger partial charge is 0.355 e. The fourth-order valence-corrected chi connectivity index (χ4v) is 3.74. The summed E-state index contributed by atoms with van der Waals surface area (Å²) in [5.74, 6) is -0.208. The highest BCUT2D eigenvalue weighted by molar-refractivity contribution is 5.91. The van der Waals surface area contributed by atoms with Gasteiger partial charge in [0.25, 0.3) is 0 Å². The van der Waals surface area contributed by atoms with Crippen molar-refractivity contribution >= 4 is 17.8 Å². The van der Waals surface area contributed by atoms with Crippen molar-refractivity contribution in [3.05, 3.63) is 35.9 Å². The molecule has 26 heavy (non-hydrogen) atoms. The van der Waals surface area contributed by atoms with Crippen molar-refractivity contribution in [2.45, 2.75) is 31.8 Å². The lowest BCUT2D eigenvalue weighted by molar-refractivity contribution is -0.139. The number of nitrogens with one attached hydrogen (secondary N) is 1. The molecule has 0 aliphatic carbocycles. The van der Waals surface area contributed by atoms with E-state index in [1.807, 2.05) is 18.2 Å². The fraction of sp³-hybridized carbons (Fsp3) is 0.526. The van der Waals surface area contributed by atoms with Crippen LogP contribution in [0.3, 0.4) is 0 Å². The highest BCUT2D eigenvalue weighted by Crippen LogP contribution is 2.24. The second-order valence-electron chi connectivity index (χ2n) is 7.06. The van der Waals surface area contributed by atoms with E-state index < -0.39 is 6.04 Å². The Morgan fingerprint density at radius 3 is 2.65 bits per heavy atom. The van der Waals surface area contributed by atoms with Crippen LogP contribution in [-0.4, -0.2) is 77.9 Å². The topological polar surface area (TPSA) is 73.0 Å². The maximum atomic E-state index is 12.6. The van der Waals surface area contributed by atoms with Crippen molar-refractivity contribution in [1.29, 1.82) is 0 Å². The maximum absolute atomic E-state index is 12.6. The highest BCUT2D eigenvalue weighted by atomic mass is 16.2. The predicted octanol–water partition coefficient (Wildman–Crippen LogP) is 0.702. The van der Waals surface area contributed by atoms with Gasteiger partial charge >= 0.3 is 6.03 Å². The number of benzene rings is 1. The van der Waals surface area contributed by atoms with Gasteiger partial charge in [0.05, 0.1) is 6.04 Å². The first kappa shape index (κ1) is 18.2. The quantitative estimate of drug-likeness (QED) is 0.761. The van der Waals surface area contributed by atoms with E-state index >= 15 is 0 Å². The molecule has 2 fully saturated rings. The lowest BCUT2D eigenvalue weighted by Gasteiger charge is -2.38. The minimum absolute atomic E-state index is 0.0360. The van der Waals surface area contributed by atoms with Gasteiger partial charge in [-0.25, -0.2) is 4.79 Å². The third-order valence-electron chi connectivity index (χ3n) is 5.09. The van der Waals surface area contributed by atoms with E-state index in [1.165, 1.54) is 5.56 Å². The van der Waals surface area contributed by atoms with Gasteiger partial charge in [0, 0.05) is 26.7 Å². The monoisotopic (exact) mass is 358 g/mol. The van der Waals surface area contributed by atoms with Gasteiger partial charge in [-0.3, -0.25) is 9.59 Å². The number of nitrogens with zero attached hydrogens (tertiary/aromatic N) is 3. The summed E-state index contributed by atoms with van der Waals surface area (Å²) in [5.41, 5.74) is 1.25. The van der Waals surface area contributed by atoms with Crippen LogP contribution in [0, 0.1) is 0 Å². The molecule has 3 rings (SSSR count). The van der Waals surface area contributed by atoms with Crippen LogP contribution in [0.25, 0.3) is 0 Å². The molecule has 1 aromatic rings. The summed E-state index contributed by atoms with van der Waals surface area (Å²) < 4.78 is 0. The van der Waals surface area contributed by atoms with E-state index in [0.29, 0.717) is 19.6 Å². The molecule has 2 aliphatic heterocycles. The summed E-state index contributed by atoms with van der Waals surface area (Å²) in [6.45, 7) is 3.38. The van der Waals surface area contributed by atoms with Crippen LogP contribution < -0.4 is 5.32 Å². The van der Waals surface area contributed by atoms with Crippen molar-refractivity contribution in [3.8, 4) is 0 Å². The number of piperazine rings is 1. The lowest BCUT2D eigenvalue weighted by Crippen LogP contribution is -2.58. The Hall–Kier alpha value is -2.57. The molecule has 0 bridgehead atoms. The number of carbonyl (C=O) groups is 3. The van der Waals surface area contributed by atoms with E-state index in [-0.39, 0.29) is 30.4 Å². The molecule has 2 atom stereocenters. The Balaban J connectivity index is 1.45. The van der Waals surface area contributed by atoms with Crippen molar-refractivity contribution < 1.29 is 14.4 Å². The SMILES string of the molecule is C[C@H]1C(=O)N(C)C[C@H]2CN(CC(=O)NCCCc3ccccc3)C(=O)N21. The first-order valence-corrected chi connectivity index (χ1v) is 9.10. The molecular weight excluding hydrogens is 332 g/mol. The van der Waals surface area contributed by atoms with E-state index in [9.17, 15) is 14.4 Å². The average molecular weight is 358 g/mol. The van der Waals surface area contributed by atoms with Crippen LogP contribution in [0.5, 0.6) is 0 Å². The zero-order valence-electron chi connectivity index (χ0n) is 15.4. The Bertz CT molecular complexity index is 679. The summed E-state index contributed by atoms with van der Waals surface area (Å²) in [6.07, 6.45) is 1.76. The number of urea groups is 1. The van der Waals surface area contributed by atoms with Gasteiger partial charge in [-0.2, -0.15) is 0 Å². The first-order chi connectivity index (χ1) is 12.5. The van der Waals surface area contributed by atoms with E-state index in [0.717, 1.165) is 12.8 Å². The summed E-state index contributed by atoms with van der Waals surface area (Å²) in [4.78, 5) is 41.6. The Morgan fingerprint density at radius 1 is 1.19 bits per heavy atom. The molecule has 0 radical (unpaired) electrons. The number of likely N-dealkylation sites (N-methyl/N-ethyl adjacent to an activating group) is 1. The van der Waals surface area contributed by atoms with Gasteiger partial charge in [-0.1, -0.05) is 30.3 Å². The van der Waals surface area contributed by atoms with Gasteiger partial charge in [-0.15, -0.1) is 0 Å². The molecule has 1 aromatic carbocycles. The number of rotatable bonds is 6. The fourth-order valence-electron chi connectivity index (χ4n) is 3.74. The van der Waals surface area contributed by atoms with E-state index in [1.54, 1.807) is 28.7 Å². The normalized spacial score (nSPS) is 22.6. The van der Waals surface area contributed by atoms with E-state index in [4.69, 9.17) is 0 Å². The van der Waals surface area contributed by atoms with Gasteiger partial charge in [0.15, 0.2) is 0 Å². The molecule has 0 saturated carbocycles. The molecule has 0 aromatic heterocycles. The van der Waals surface area contributed by atoms with Gasteiger partial charge < -0.3 is 20.0 Å². The van der Waals surface area contributed by atoms with Crippen LogP contribution in [0.2, 0.25) is 0 Å². The highest BCUT2D eigenvalue weighted by Gasteiger charge is 2.47. The zero-order chi connectivity index (χ0) is 18.7. The van der Waals surface area contributed by atoms with Crippen LogP contribution in [0.15, 0.2) is 30.3 Å². The maximum Gasteiger partial charge on any atom is 0.321 e. The van der Waals surface area contributed by atoms with Gasteiger partial charge in [0.1, 0.15) is 12.6 Å². The molecule has 2 aliphatic rings. The summed E-state index contributed by atoms with van der Waals surface area (Å²) in [5, 5.41) is 2.88. The van der Waals surface area contributed by atoms with Gasteiger partial charge in [-0.05, 0) is 25.3 Å². The lowest BCUT2D eigenvalue weighted by atomic mass is 10.1. The Kier molecular flexibility index (Phi) is 5.44. The Morgan fingerprint density at radius 2 is 1.92 bits per heavy atom. The summed E-state index contributed by atoms with van der Waals surface area (Å²) in [7, 11) is 1.75. The number of hydrogen-bond acceptors (Lipinski definition) is 3. The summed E-state index contributed by atoms with van der Waals surface area (Å²) in [6, 6.07) is 9.41. The number of fused-ring (bicyclic) bond motifs is 1. The molecule has 7 heteroatoms. The van der Waals surface area contributed by atoms with Crippen LogP contribution in [0.1, 0.15) is 18.9 Å². The predicted molar refractivity (Wildman–Crippen MR) is 97.5 cm³/mol. The van der Waals surface area contributed by atoms with E-state index in [2.05, 4.69) is 17.4 Å². The van der Waals surface area contributed by atoms with Gasteiger partial charge in [0.2, 0.25) is 11.8 Å². The van der Waals surface area contributed by atoms with Crippen LogP contribution in [-0.2, 0) is 16.0 Å². The van der Waals surface area contributed by atoms with Crippen molar-refractivity contribution in [1.82, 2.24) is 20.0 Å². The van der Waals surface area contributed by atoms with Crippen molar-refractivity contribution in [3.63, 3.8) is 0 Å². The molecule has 4 amide bonds. The number of hydrogen-bond donors (Lipinski definition) is 1. The standard InChI is InChI=1S/C19H26N4O3/c1-14-18(25)21(2)11-16-12-22(19(26)23(14)16)13-17(24)20-10-6-9-15-7-4-3-5-8-15/h3-5,7-8,14,16H,6,9-13H2,1-2H3,(H,20,24)/t14-,16-/m0/s1. The van der Waals surface area contributed by atoms with Crippen LogP contribution >= 0.6 is 0 Å². The number of carbonyl (C=O) groups excluding carboxylic acids is 3. The first-order valence-electron chi connectivity index (χ1n) is 9.10. The minimum atomic E-state index is -0.467. The van der Waals surface area contributed by atoms with Crippen LogP contribution in [0.4, 0.5) is 4.79 Å². The zero-order valence-corrected chi connectivity index (χ0v) is 15.4. The van der Waals surface area contributed by atoms with Crippen molar-refractivity contribution in [2.24, 2.45) is 0 Å². The average Bonchev–Trinajstić information content (AvgIpc) is 2.93. The molecular formula is C19H26N4O3. The summed E-state index contributed by atoms with van der Waals surface area (Å²) >= 11 is 0. The molecule has 0 unspecified atom stereocenters.